The molecule has 1 saturated heterocycles. The van der Waals surface area contributed by atoms with E-state index in [-0.39, 0.29) is 12.2 Å². The third kappa shape index (κ3) is 3.43. The summed E-state index contributed by atoms with van der Waals surface area (Å²) in [6.07, 6.45) is 1.86. The minimum Gasteiger partial charge on any atom is -0.390 e. The zero-order valence-electron chi connectivity index (χ0n) is 12.6. The highest BCUT2D eigenvalue weighted by Crippen LogP contribution is 2.14. The molecule has 21 heavy (non-hydrogen) atoms. The molecule has 0 amide bonds. The molecule has 5 nitrogen and oxygen atoms in total. The molecule has 0 saturated carbocycles. The first kappa shape index (κ1) is 14.5. The highest BCUT2D eigenvalue weighted by atomic mass is 16.5. The van der Waals surface area contributed by atoms with E-state index < -0.39 is 6.10 Å². The van der Waals surface area contributed by atoms with Crippen molar-refractivity contribution in [3.63, 3.8) is 0 Å². The Morgan fingerprint density at radius 2 is 1.95 bits per heavy atom. The minimum absolute atomic E-state index is 0.232. The first-order valence-electron chi connectivity index (χ1n) is 7.57. The molecule has 114 valence electrons. The number of ether oxygens (including phenoxy) is 1. The molecule has 1 aromatic heterocycles. The summed E-state index contributed by atoms with van der Waals surface area (Å²) >= 11 is 0. The van der Waals surface area contributed by atoms with Crippen LogP contribution in [0.5, 0.6) is 0 Å². The van der Waals surface area contributed by atoms with E-state index in [1.807, 2.05) is 28.8 Å². The van der Waals surface area contributed by atoms with Crippen molar-refractivity contribution in [3.05, 3.63) is 30.6 Å². The largest absolute Gasteiger partial charge is 0.390 e. The van der Waals surface area contributed by atoms with Gasteiger partial charge in [0.1, 0.15) is 0 Å². The predicted molar refractivity (Wildman–Crippen MR) is 82.2 cm³/mol. The number of para-hydroxylation sites is 2. The number of hydrogen-bond donors (Lipinski definition) is 1. The van der Waals surface area contributed by atoms with Crippen LogP contribution in [0.4, 0.5) is 0 Å². The van der Waals surface area contributed by atoms with Crippen molar-refractivity contribution in [2.24, 2.45) is 0 Å². The van der Waals surface area contributed by atoms with Crippen LogP contribution in [-0.4, -0.2) is 57.5 Å². The van der Waals surface area contributed by atoms with Crippen molar-refractivity contribution in [1.82, 2.24) is 14.5 Å². The van der Waals surface area contributed by atoms with Gasteiger partial charge in [0.25, 0.3) is 0 Å². The zero-order valence-corrected chi connectivity index (χ0v) is 12.6. The van der Waals surface area contributed by atoms with Gasteiger partial charge in [-0.25, -0.2) is 4.98 Å². The number of imidazole rings is 1. The van der Waals surface area contributed by atoms with Crippen molar-refractivity contribution in [2.75, 3.05) is 19.6 Å². The van der Waals surface area contributed by atoms with Crippen LogP contribution in [-0.2, 0) is 11.3 Å². The summed E-state index contributed by atoms with van der Waals surface area (Å²) in [7, 11) is 0. The molecule has 1 N–H and O–H groups in total. The van der Waals surface area contributed by atoms with Crippen LogP contribution in [0.15, 0.2) is 30.6 Å². The highest BCUT2D eigenvalue weighted by Gasteiger charge is 2.24. The highest BCUT2D eigenvalue weighted by molar-refractivity contribution is 5.74. The van der Waals surface area contributed by atoms with Crippen LogP contribution >= 0.6 is 0 Å². The van der Waals surface area contributed by atoms with E-state index in [2.05, 4.69) is 23.7 Å². The summed E-state index contributed by atoms with van der Waals surface area (Å²) in [5, 5.41) is 10.4. The van der Waals surface area contributed by atoms with Gasteiger partial charge in [-0.2, -0.15) is 0 Å². The fourth-order valence-corrected chi connectivity index (χ4v) is 3.17. The number of morpholine rings is 1. The zero-order chi connectivity index (χ0) is 14.8. The molecule has 3 unspecified atom stereocenters. The number of benzene rings is 1. The SMILES string of the molecule is CC1CN(CC(O)Cn2cnc3ccccc32)CC(C)O1. The molecule has 0 spiro atoms. The van der Waals surface area contributed by atoms with E-state index in [4.69, 9.17) is 4.74 Å². The van der Waals surface area contributed by atoms with Gasteiger partial charge in [0.2, 0.25) is 0 Å². The number of β-amino-alcohol motifs (C(OH)–C–C–N with tert-alkyl or cyclic N) is 1. The number of fused-ring (bicyclic) bond motifs is 1. The van der Waals surface area contributed by atoms with Gasteiger partial charge < -0.3 is 14.4 Å². The van der Waals surface area contributed by atoms with Crippen LogP contribution in [0.25, 0.3) is 11.0 Å². The smallest absolute Gasteiger partial charge is 0.0959 e. The molecule has 0 bridgehead atoms. The summed E-state index contributed by atoms with van der Waals surface area (Å²) in [6, 6.07) is 8.00. The van der Waals surface area contributed by atoms with Crippen LogP contribution in [0.1, 0.15) is 13.8 Å². The molecule has 1 aliphatic rings. The first-order chi connectivity index (χ1) is 10.1. The molecule has 2 aromatic rings. The molecule has 5 heteroatoms. The Morgan fingerprint density at radius 3 is 2.71 bits per heavy atom. The second-order valence-corrected chi connectivity index (χ2v) is 6.02. The summed E-state index contributed by atoms with van der Waals surface area (Å²) in [5.41, 5.74) is 2.04. The third-order valence-electron chi connectivity index (χ3n) is 3.90. The van der Waals surface area contributed by atoms with Crippen LogP contribution in [0.3, 0.4) is 0 Å². The number of aliphatic hydroxyl groups excluding tert-OH is 1. The molecule has 3 atom stereocenters. The van der Waals surface area contributed by atoms with E-state index >= 15 is 0 Å². The van der Waals surface area contributed by atoms with Crippen LogP contribution in [0, 0.1) is 0 Å². The summed E-state index contributed by atoms with van der Waals surface area (Å²) < 4.78 is 7.74. The van der Waals surface area contributed by atoms with Crippen molar-refractivity contribution >= 4 is 11.0 Å². The second-order valence-electron chi connectivity index (χ2n) is 6.02. The Labute approximate surface area is 125 Å². The number of hydrogen-bond acceptors (Lipinski definition) is 4. The van der Waals surface area contributed by atoms with Crippen molar-refractivity contribution in [2.45, 2.75) is 38.7 Å². The lowest BCUT2D eigenvalue weighted by molar-refractivity contribution is -0.0772. The maximum Gasteiger partial charge on any atom is 0.0959 e. The fourth-order valence-electron chi connectivity index (χ4n) is 3.17. The van der Waals surface area contributed by atoms with Crippen LogP contribution < -0.4 is 0 Å². The lowest BCUT2D eigenvalue weighted by Crippen LogP contribution is -2.48. The van der Waals surface area contributed by atoms with Crippen molar-refractivity contribution in [3.8, 4) is 0 Å². The molecular weight excluding hydrogens is 266 g/mol. The van der Waals surface area contributed by atoms with Gasteiger partial charge in [0, 0.05) is 19.6 Å². The molecule has 3 rings (SSSR count). The standard InChI is InChI=1S/C16H23N3O2/c1-12-7-18(8-13(2)21-12)9-14(20)10-19-11-17-15-5-3-4-6-16(15)19/h3-6,11-14,20H,7-10H2,1-2H3. The molecular formula is C16H23N3O2. The molecule has 1 aromatic carbocycles. The topological polar surface area (TPSA) is 50.5 Å². The molecule has 1 fully saturated rings. The number of nitrogens with zero attached hydrogens (tertiary/aromatic N) is 3. The first-order valence-corrected chi connectivity index (χ1v) is 7.57. The van der Waals surface area contributed by atoms with Gasteiger partial charge in [-0.15, -0.1) is 0 Å². The Kier molecular flexibility index (Phi) is 4.24. The van der Waals surface area contributed by atoms with Gasteiger partial charge in [-0.1, -0.05) is 12.1 Å². The molecule has 0 radical (unpaired) electrons. The van der Waals surface area contributed by atoms with E-state index in [9.17, 15) is 5.11 Å². The number of aliphatic hydroxyl groups is 1. The Morgan fingerprint density at radius 1 is 1.24 bits per heavy atom. The van der Waals surface area contributed by atoms with Gasteiger partial charge in [0.15, 0.2) is 0 Å². The normalized spacial score (nSPS) is 25.3. The Hall–Kier alpha value is -1.43. The quantitative estimate of drug-likeness (QED) is 0.927. The molecule has 1 aliphatic heterocycles. The Balaban J connectivity index is 1.62. The van der Waals surface area contributed by atoms with Gasteiger partial charge >= 0.3 is 0 Å². The maximum absolute atomic E-state index is 10.4. The van der Waals surface area contributed by atoms with Gasteiger partial charge in [0.05, 0.1) is 42.2 Å². The third-order valence-corrected chi connectivity index (χ3v) is 3.90. The van der Waals surface area contributed by atoms with Gasteiger partial charge in [-0.05, 0) is 26.0 Å². The van der Waals surface area contributed by atoms with Crippen molar-refractivity contribution in [1.29, 1.82) is 0 Å². The second kappa shape index (κ2) is 6.13. The van der Waals surface area contributed by atoms with E-state index in [0.717, 1.165) is 24.1 Å². The monoisotopic (exact) mass is 289 g/mol. The van der Waals surface area contributed by atoms with Gasteiger partial charge in [-0.3, -0.25) is 4.90 Å². The average molecular weight is 289 g/mol. The summed E-state index contributed by atoms with van der Waals surface area (Å²) in [4.78, 5) is 6.64. The van der Waals surface area contributed by atoms with E-state index in [0.29, 0.717) is 13.1 Å². The average Bonchev–Trinajstić information content (AvgIpc) is 2.81. The lowest BCUT2D eigenvalue weighted by Gasteiger charge is -2.36. The summed E-state index contributed by atoms with van der Waals surface area (Å²) in [5.74, 6) is 0. The van der Waals surface area contributed by atoms with E-state index in [1.54, 1.807) is 6.33 Å². The van der Waals surface area contributed by atoms with E-state index in [1.165, 1.54) is 0 Å². The maximum atomic E-state index is 10.4. The molecule has 2 heterocycles. The lowest BCUT2D eigenvalue weighted by atomic mass is 10.2. The number of rotatable bonds is 4. The predicted octanol–water partition coefficient (Wildman–Crippen LogP) is 1.51. The fraction of sp³-hybridized carbons (Fsp3) is 0.562. The van der Waals surface area contributed by atoms with Crippen molar-refractivity contribution < 1.29 is 9.84 Å². The Bertz CT molecular complexity index is 588. The number of aromatic nitrogens is 2. The summed E-state index contributed by atoms with van der Waals surface area (Å²) in [6.45, 7) is 7.17. The minimum atomic E-state index is -0.403. The van der Waals surface area contributed by atoms with Crippen LogP contribution in [0.2, 0.25) is 0 Å². The molecule has 0 aliphatic carbocycles.